The second-order valence-electron chi connectivity index (χ2n) is 4.62. The fourth-order valence-corrected chi connectivity index (χ4v) is 2.82. The van der Waals surface area contributed by atoms with Crippen molar-refractivity contribution in [2.45, 2.75) is 11.4 Å². The highest BCUT2D eigenvalue weighted by Gasteiger charge is 2.73. The molecule has 6 heteroatoms. The molecule has 6 nitrogen and oxygen atoms in total. The topological polar surface area (TPSA) is 81.1 Å². The van der Waals surface area contributed by atoms with E-state index in [-0.39, 0.29) is 11.1 Å². The van der Waals surface area contributed by atoms with Crippen LogP contribution in [0, 0.1) is 0 Å². The van der Waals surface area contributed by atoms with Crippen LogP contribution in [0.3, 0.4) is 0 Å². The van der Waals surface area contributed by atoms with Crippen molar-refractivity contribution < 1.29 is 19.8 Å². The Hall–Kier alpha value is -1.92. The number of Topliss-reactive ketones (excluding diaryl/α,β-unsaturated/α-hetero) is 1. The Morgan fingerprint density at radius 2 is 1.56 bits per heavy atom. The summed E-state index contributed by atoms with van der Waals surface area (Å²) in [7, 11) is 2.65. The maximum Gasteiger partial charge on any atom is 0.324 e. The zero-order valence-corrected chi connectivity index (χ0v) is 9.91. The maximum absolute atomic E-state index is 12.3. The Morgan fingerprint density at radius 1 is 1.00 bits per heavy atom. The van der Waals surface area contributed by atoms with Crippen molar-refractivity contribution in [1.82, 2.24) is 9.80 Å². The number of hydrogen-bond donors (Lipinski definition) is 2. The number of likely N-dealkylation sites (N-methyl/N-ethyl adjacent to an activating group) is 2. The standard InChI is InChI=1S/C12H12N2O4/c1-13-10(16)14(2)12(18)9(15)7-5-3-4-6-8(7)11(12,13)17/h3-6,17-18H,1-2H3/t11-,12-/m1/s1. The molecule has 18 heavy (non-hydrogen) atoms. The lowest BCUT2D eigenvalue weighted by atomic mass is 9.99. The molecule has 2 N–H and O–H groups in total. The number of hydrogen-bond acceptors (Lipinski definition) is 4. The van der Waals surface area contributed by atoms with E-state index in [0.717, 1.165) is 9.80 Å². The summed E-state index contributed by atoms with van der Waals surface area (Å²) in [5, 5.41) is 21.3. The lowest BCUT2D eigenvalue weighted by Crippen LogP contribution is -2.58. The highest BCUT2D eigenvalue weighted by atomic mass is 16.4. The second kappa shape index (κ2) is 2.90. The number of benzene rings is 1. The Labute approximate surface area is 103 Å². The van der Waals surface area contributed by atoms with Gasteiger partial charge in [-0.3, -0.25) is 14.6 Å². The van der Waals surface area contributed by atoms with Crippen molar-refractivity contribution in [3.8, 4) is 0 Å². The fourth-order valence-electron chi connectivity index (χ4n) is 2.82. The van der Waals surface area contributed by atoms with Crippen LogP contribution < -0.4 is 0 Å². The number of fused-ring (bicyclic) bond motifs is 3. The lowest BCUT2D eigenvalue weighted by molar-refractivity contribution is -0.192. The van der Waals surface area contributed by atoms with Crippen molar-refractivity contribution in [2.75, 3.05) is 14.1 Å². The molecule has 0 bridgehead atoms. The summed E-state index contributed by atoms with van der Waals surface area (Å²) in [6, 6.07) is 5.74. The average Bonchev–Trinajstić information content (AvgIpc) is 2.65. The summed E-state index contributed by atoms with van der Waals surface area (Å²) in [4.78, 5) is 26.0. The summed E-state index contributed by atoms with van der Waals surface area (Å²) in [6.07, 6.45) is 0. The van der Waals surface area contributed by atoms with Gasteiger partial charge in [0.1, 0.15) is 0 Å². The van der Waals surface area contributed by atoms with Gasteiger partial charge in [-0.25, -0.2) is 4.79 Å². The molecule has 2 aliphatic rings. The number of carbonyl (C=O) groups is 2. The van der Waals surface area contributed by atoms with Gasteiger partial charge in [0, 0.05) is 25.2 Å². The molecule has 2 amide bonds. The SMILES string of the molecule is CN1C(=O)N(C)[C@@]2(O)c3ccccc3C(=O)[C@]12O. The second-order valence-corrected chi connectivity index (χ2v) is 4.62. The monoisotopic (exact) mass is 248 g/mol. The molecule has 1 saturated heterocycles. The number of urea groups is 1. The summed E-state index contributed by atoms with van der Waals surface area (Å²) >= 11 is 0. The van der Waals surface area contributed by atoms with Gasteiger partial charge in [0.2, 0.25) is 11.5 Å². The van der Waals surface area contributed by atoms with Crippen molar-refractivity contribution >= 4 is 11.8 Å². The van der Waals surface area contributed by atoms with Gasteiger partial charge in [-0.15, -0.1) is 0 Å². The zero-order chi connectivity index (χ0) is 13.3. The average molecular weight is 248 g/mol. The third-order valence-electron chi connectivity index (χ3n) is 3.89. The number of aliphatic hydroxyl groups is 2. The largest absolute Gasteiger partial charge is 0.362 e. The van der Waals surface area contributed by atoms with Crippen molar-refractivity contribution in [1.29, 1.82) is 0 Å². The number of nitrogens with zero attached hydrogens (tertiary/aromatic N) is 2. The van der Waals surface area contributed by atoms with Crippen LogP contribution in [0.4, 0.5) is 4.79 Å². The number of amides is 2. The normalized spacial score (nSPS) is 34.0. The highest BCUT2D eigenvalue weighted by molar-refractivity contribution is 6.11. The van der Waals surface area contributed by atoms with Crippen LogP contribution >= 0.6 is 0 Å². The molecule has 1 aliphatic heterocycles. The van der Waals surface area contributed by atoms with E-state index in [9.17, 15) is 19.8 Å². The summed E-state index contributed by atoms with van der Waals surface area (Å²) in [5.41, 5.74) is -3.82. The zero-order valence-electron chi connectivity index (χ0n) is 9.91. The third kappa shape index (κ3) is 0.824. The molecule has 0 unspecified atom stereocenters. The van der Waals surface area contributed by atoms with Gasteiger partial charge in [-0.1, -0.05) is 24.3 Å². The molecule has 1 fully saturated rings. The van der Waals surface area contributed by atoms with Crippen LogP contribution in [0.1, 0.15) is 15.9 Å². The molecule has 2 atom stereocenters. The van der Waals surface area contributed by atoms with E-state index in [2.05, 4.69) is 0 Å². The molecule has 1 aliphatic carbocycles. The van der Waals surface area contributed by atoms with E-state index in [0.29, 0.717) is 0 Å². The van der Waals surface area contributed by atoms with Gasteiger partial charge in [-0.05, 0) is 0 Å². The van der Waals surface area contributed by atoms with E-state index in [4.69, 9.17) is 0 Å². The molecule has 3 rings (SSSR count). The van der Waals surface area contributed by atoms with Gasteiger partial charge >= 0.3 is 6.03 Å². The smallest absolute Gasteiger partial charge is 0.324 e. The quantitative estimate of drug-likeness (QED) is 0.661. The minimum Gasteiger partial charge on any atom is -0.362 e. The van der Waals surface area contributed by atoms with Gasteiger partial charge < -0.3 is 10.2 Å². The lowest BCUT2D eigenvalue weighted by Gasteiger charge is -2.34. The predicted molar refractivity (Wildman–Crippen MR) is 60.5 cm³/mol. The van der Waals surface area contributed by atoms with E-state index in [1.165, 1.54) is 26.2 Å². The molecule has 0 saturated carbocycles. The van der Waals surface area contributed by atoms with Gasteiger partial charge in [0.25, 0.3) is 5.72 Å². The van der Waals surface area contributed by atoms with E-state index < -0.39 is 23.3 Å². The van der Waals surface area contributed by atoms with Gasteiger partial charge in [0.15, 0.2) is 0 Å². The minimum atomic E-state index is -2.26. The minimum absolute atomic E-state index is 0.230. The molecule has 1 aromatic rings. The Kier molecular flexibility index (Phi) is 1.81. The predicted octanol–water partition coefficient (Wildman–Crippen LogP) is -0.286. The van der Waals surface area contributed by atoms with Gasteiger partial charge in [-0.2, -0.15) is 0 Å². The van der Waals surface area contributed by atoms with Crippen LogP contribution in [-0.2, 0) is 5.72 Å². The number of carbonyl (C=O) groups excluding carboxylic acids is 2. The van der Waals surface area contributed by atoms with Crippen molar-refractivity contribution in [2.24, 2.45) is 0 Å². The van der Waals surface area contributed by atoms with Crippen LogP contribution in [0.25, 0.3) is 0 Å². The fraction of sp³-hybridized carbons (Fsp3) is 0.333. The number of ketones is 1. The molecule has 0 spiro atoms. The molecular weight excluding hydrogens is 236 g/mol. The first-order valence-electron chi connectivity index (χ1n) is 5.47. The van der Waals surface area contributed by atoms with Crippen LogP contribution in [0.2, 0.25) is 0 Å². The highest BCUT2D eigenvalue weighted by Crippen LogP contribution is 2.51. The van der Waals surface area contributed by atoms with Gasteiger partial charge in [0.05, 0.1) is 0 Å². The molecule has 0 aromatic heterocycles. The van der Waals surface area contributed by atoms with E-state index in [1.54, 1.807) is 12.1 Å². The Morgan fingerprint density at radius 3 is 2.22 bits per heavy atom. The maximum atomic E-state index is 12.3. The summed E-state index contributed by atoms with van der Waals surface area (Å²) in [5.74, 6) is -0.666. The molecule has 0 radical (unpaired) electrons. The third-order valence-corrected chi connectivity index (χ3v) is 3.89. The first-order valence-corrected chi connectivity index (χ1v) is 5.47. The summed E-state index contributed by atoms with van der Waals surface area (Å²) in [6.45, 7) is 0. The first kappa shape index (κ1) is 11.2. The van der Waals surface area contributed by atoms with Crippen molar-refractivity contribution in [3.05, 3.63) is 35.4 Å². The van der Waals surface area contributed by atoms with Crippen LogP contribution in [-0.4, -0.2) is 51.6 Å². The van der Waals surface area contributed by atoms with Crippen LogP contribution in [0.5, 0.6) is 0 Å². The Bertz CT molecular complexity index is 587. The molecular formula is C12H12N2O4. The van der Waals surface area contributed by atoms with Crippen molar-refractivity contribution in [3.63, 3.8) is 0 Å². The molecule has 94 valence electrons. The van der Waals surface area contributed by atoms with E-state index >= 15 is 0 Å². The Balaban J connectivity index is 2.38. The van der Waals surface area contributed by atoms with Crippen LogP contribution in [0.15, 0.2) is 24.3 Å². The summed E-state index contributed by atoms with van der Waals surface area (Å²) < 4.78 is 0. The van der Waals surface area contributed by atoms with E-state index in [1.807, 2.05) is 0 Å². The first-order chi connectivity index (χ1) is 8.36. The molecule has 1 aromatic carbocycles. The molecule has 1 heterocycles. The number of rotatable bonds is 0.